The van der Waals surface area contributed by atoms with Crippen LogP contribution in [0.25, 0.3) is 22.1 Å². The van der Waals surface area contributed by atoms with Crippen molar-refractivity contribution in [1.82, 2.24) is 24.9 Å². The van der Waals surface area contributed by atoms with Crippen molar-refractivity contribution >= 4 is 65.1 Å². The summed E-state index contributed by atoms with van der Waals surface area (Å²) in [5.41, 5.74) is 1.16. The lowest BCUT2D eigenvalue weighted by Gasteiger charge is -2.15. The Hall–Kier alpha value is -7.46. The molecule has 6 aromatic heterocycles. The molecule has 0 atom stereocenters. The quantitative estimate of drug-likeness (QED) is 0.0586. The number of anilines is 2. The Labute approximate surface area is 391 Å². The molecule has 8 rings (SSSR count). The SMILES string of the molecule is Cc1cnc(C(=O)c2c(C)c[n+](C)c3[nH]ccc23)c(NS(=O)(=O)c2ccc(C)c(C(F)(F)F)c2)c1.Cc1cnc(C(=O)c2c(C)cnc3[nH]ccc23)c(NS(=O)(=O)c2ccc(C)c(C(F)(F)F)c2)c1. The standard InChI is InChI=1S/C24H21F3N4O3S.C23H19F3N4O3S/c1-13-9-19(30-35(33,34)16-6-5-14(2)18(10-16)24(25,26)27)21(29-11-13)22(32)20-15(3)12-31(4)23-17(20)7-8-28-23;1-12-8-18(30-34(32,33)15-5-4-13(2)17(9-15)23(24,25)26)20(28-10-12)21(31)19-14(3)11-29-22-16(19)6-7-27-22/h5-12H,1-4H3,(H,30,32);4-11,30H,1-3H3,(H,27,29)/p+1. The van der Waals surface area contributed by atoms with Crippen LogP contribution in [0.2, 0.25) is 0 Å². The second-order valence-corrected chi connectivity index (χ2v) is 19.6. The van der Waals surface area contributed by atoms with Crippen molar-refractivity contribution in [3.8, 4) is 0 Å². The molecule has 0 fully saturated rings. The first kappa shape index (κ1) is 49.4. The van der Waals surface area contributed by atoms with E-state index in [1.807, 2.05) is 11.6 Å². The van der Waals surface area contributed by atoms with Crippen LogP contribution < -0.4 is 14.0 Å². The van der Waals surface area contributed by atoms with Gasteiger partial charge in [0.25, 0.3) is 25.7 Å². The maximum Gasteiger partial charge on any atom is 0.416 e. The summed E-state index contributed by atoms with van der Waals surface area (Å²) < 4.78 is 139. The van der Waals surface area contributed by atoms with Crippen LogP contribution in [0.4, 0.5) is 37.7 Å². The van der Waals surface area contributed by atoms with E-state index in [9.17, 15) is 52.8 Å². The van der Waals surface area contributed by atoms with E-state index in [2.05, 4.69) is 34.4 Å². The summed E-state index contributed by atoms with van der Waals surface area (Å²) in [6.07, 6.45) is -0.0374. The van der Waals surface area contributed by atoms with Gasteiger partial charge in [-0.3, -0.25) is 29.0 Å². The maximum atomic E-state index is 13.6. The van der Waals surface area contributed by atoms with Gasteiger partial charge >= 0.3 is 12.4 Å². The molecule has 0 spiro atoms. The number of nitrogens with zero attached hydrogens (tertiary/aromatic N) is 4. The average Bonchev–Trinajstić information content (AvgIpc) is 3.94. The summed E-state index contributed by atoms with van der Waals surface area (Å²) in [4.78, 5) is 44.4. The van der Waals surface area contributed by atoms with Crippen LogP contribution in [0.3, 0.4) is 0 Å². The number of alkyl halides is 6. The van der Waals surface area contributed by atoms with Crippen LogP contribution in [0.15, 0.2) is 108 Å². The molecule has 2 aromatic carbocycles. The fourth-order valence-electron chi connectivity index (χ4n) is 7.64. The second kappa shape index (κ2) is 18.2. The van der Waals surface area contributed by atoms with Gasteiger partial charge in [0.15, 0.2) is 0 Å². The van der Waals surface area contributed by atoms with Gasteiger partial charge in [-0.2, -0.15) is 26.3 Å². The Balaban J connectivity index is 0.000000204. The molecule has 0 radical (unpaired) electrons. The molecule has 0 amide bonds. The minimum Gasteiger partial charge on any atom is -0.346 e. The number of hydrogen-bond donors (Lipinski definition) is 4. The predicted octanol–water partition coefficient (Wildman–Crippen LogP) is 9.30. The van der Waals surface area contributed by atoms with Crippen molar-refractivity contribution in [3.63, 3.8) is 0 Å². The lowest BCUT2D eigenvalue weighted by molar-refractivity contribution is -0.647. The number of halogens is 6. The van der Waals surface area contributed by atoms with Gasteiger partial charge in [-0.15, -0.1) is 0 Å². The largest absolute Gasteiger partial charge is 0.416 e. The number of nitrogens with one attached hydrogen (secondary N) is 4. The zero-order valence-electron chi connectivity index (χ0n) is 37.6. The van der Waals surface area contributed by atoms with E-state index in [1.54, 1.807) is 58.4 Å². The highest BCUT2D eigenvalue weighted by Gasteiger charge is 2.36. The molecule has 0 saturated carbocycles. The van der Waals surface area contributed by atoms with Gasteiger partial charge in [-0.25, -0.2) is 31.4 Å². The number of aromatic nitrogens is 6. The molecule has 8 aromatic rings. The number of pyridine rings is 4. The minimum atomic E-state index is -4.72. The molecule has 14 nitrogen and oxygen atoms in total. The van der Waals surface area contributed by atoms with E-state index in [-0.39, 0.29) is 39.5 Å². The molecule has 4 N–H and O–H groups in total. The summed E-state index contributed by atoms with van der Waals surface area (Å²) in [6.45, 7) is 9.24. The molecule has 6 heterocycles. The molecule has 0 aliphatic carbocycles. The summed E-state index contributed by atoms with van der Waals surface area (Å²) in [6, 6.07) is 11.7. The number of rotatable bonds is 10. The monoisotopic (exact) mass is 991 g/mol. The number of benzene rings is 2. The van der Waals surface area contributed by atoms with Gasteiger partial charge in [-0.05, 0) is 118 Å². The van der Waals surface area contributed by atoms with Crippen LogP contribution in [0.1, 0.15) is 76.6 Å². The molecule has 0 aliphatic rings. The molecular formula is C47H41F6N8O6S2+. The van der Waals surface area contributed by atoms with Crippen molar-refractivity contribution in [2.45, 2.75) is 63.7 Å². The predicted molar refractivity (Wildman–Crippen MR) is 244 cm³/mol. The van der Waals surface area contributed by atoms with Gasteiger partial charge in [0, 0.05) is 46.9 Å². The van der Waals surface area contributed by atoms with E-state index >= 15 is 0 Å². The second-order valence-electron chi connectivity index (χ2n) is 16.2. The van der Waals surface area contributed by atoms with Crippen molar-refractivity contribution in [2.75, 3.05) is 9.44 Å². The molecule has 0 unspecified atom stereocenters. The van der Waals surface area contributed by atoms with Gasteiger partial charge < -0.3 is 4.98 Å². The number of H-pyrrole nitrogens is 2. The number of hydrogen-bond acceptors (Lipinski definition) is 9. The zero-order valence-corrected chi connectivity index (χ0v) is 39.2. The average molecular weight is 992 g/mol. The van der Waals surface area contributed by atoms with Crippen LogP contribution >= 0.6 is 0 Å². The number of carbonyl (C=O) groups is 2. The first-order chi connectivity index (χ1) is 32.2. The van der Waals surface area contributed by atoms with E-state index in [0.29, 0.717) is 62.0 Å². The number of fused-ring (bicyclic) bond motifs is 2. The van der Waals surface area contributed by atoms with Crippen LogP contribution in [0.5, 0.6) is 0 Å². The Morgan fingerprint density at radius 2 is 1.01 bits per heavy atom. The molecule has 69 heavy (non-hydrogen) atoms. The fourth-order valence-corrected chi connectivity index (χ4v) is 9.81. The normalized spacial score (nSPS) is 12.2. The Morgan fingerprint density at radius 1 is 0.565 bits per heavy atom. The molecular weight excluding hydrogens is 951 g/mol. The van der Waals surface area contributed by atoms with Gasteiger partial charge in [-0.1, -0.05) is 12.1 Å². The molecule has 358 valence electrons. The van der Waals surface area contributed by atoms with E-state index in [4.69, 9.17) is 0 Å². The Morgan fingerprint density at radius 3 is 1.49 bits per heavy atom. The molecule has 0 saturated heterocycles. The maximum absolute atomic E-state index is 13.6. The van der Waals surface area contributed by atoms with E-state index in [0.717, 1.165) is 24.3 Å². The first-order valence-corrected chi connectivity index (χ1v) is 23.5. The van der Waals surface area contributed by atoms with Crippen LogP contribution in [-0.2, 0) is 39.4 Å². The Kier molecular flexibility index (Phi) is 13.1. The summed E-state index contributed by atoms with van der Waals surface area (Å²) >= 11 is 0. The summed E-state index contributed by atoms with van der Waals surface area (Å²) in [5, 5.41) is 1.16. The van der Waals surface area contributed by atoms with E-state index < -0.39 is 64.9 Å². The number of carbonyl (C=O) groups excluding carboxylic acids is 2. The van der Waals surface area contributed by atoms with Crippen molar-refractivity contribution in [3.05, 3.63) is 165 Å². The van der Waals surface area contributed by atoms with Gasteiger partial charge in [0.1, 0.15) is 17.0 Å². The van der Waals surface area contributed by atoms with Gasteiger partial charge in [0.05, 0.1) is 57.1 Å². The number of aryl methyl sites for hydroxylation is 7. The summed E-state index contributed by atoms with van der Waals surface area (Å²) in [5.74, 6) is -1.08. The topological polar surface area (TPSA) is 201 Å². The van der Waals surface area contributed by atoms with Crippen LogP contribution in [0, 0.1) is 41.5 Å². The third-order valence-electron chi connectivity index (χ3n) is 11.0. The third-order valence-corrected chi connectivity index (χ3v) is 13.7. The highest BCUT2D eigenvalue weighted by molar-refractivity contribution is 7.93. The molecule has 22 heteroatoms. The van der Waals surface area contributed by atoms with Crippen LogP contribution in [-0.4, -0.2) is 53.3 Å². The number of aromatic amines is 2. The summed E-state index contributed by atoms with van der Waals surface area (Å²) in [7, 11) is -7.12. The smallest absolute Gasteiger partial charge is 0.346 e. The molecule has 0 aliphatic heterocycles. The van der Waals surface area contributed by atoms with Crippen molar-refractivity contribution in [1.29, 1.82) is 0 Å². The fraction of sp³-hybridized carbons (Fsp3) is 0.191. The molecule has 0 bridgehead atoms. The number of sulfonamides is 2. The Bertz CT molecular complexity index is 3610. The van der Waals surface area contributed by atoms with Gasteiger partial charge in [0.2, 0.25) is 11.6 Å². The number of ketones is 2. The zero-order chi connectivity index (χ0) is 50.5. The first-order valence-electron chi connectivity index (χ1n) is 20.5. The minimum absolute atomic E-state index is 0.104. The third kappa shape index (κ3) is 10.1. The lowest BCUT2D eigenvalue weighted by atomic mass is 9.99. The van der Waals surface area contributed by atoms with Crippen molar-refractivity contribution in [2.24, 2.45) is 7.05 Å². The highest BCUT2D eigenvalue weighted by Crippen LogP contribution is 2.36. The lowest BCUT2D eigenvalue weighted by Crippen LogP contribution is -2.30. The van der Waals surface area contributed by atoms with Crippen molar-refractivity contribution < 1.29 is 57.3 Å². The highest BCUT2D eigenvalue weighted by atomic mass is 32.2. The van der Waals surface area contributed by atoms with E-state index in [1.165, 1.54) is 44.6 Å².